The molecule has 0 saturated carbocycles. The van der Waals surface area contributed by atoms with Crippen LogP contribution in [0.4, 0.5) is 0 Å². The van der Waals surface area contributed by atoms with E-state index in [-0.39, 0.29) is 35.7 Å². The number of amides is 2. The van der Waals surface area contributed by atoms with E-state index >= 15 is 0 Å². The Kier molecular flexibility index (Phi) is 4.72. The van der Waals surface area contributed by atoms with Crippen molar-refractivity contribution in [2.75, 3.05) is 11.5 Å². The molecule has 6 nitrogen and oxygen atoms in total. The monoisotopic (exact) mass is 356 g/mol. The predicted octanol–water partition coefficient (Wildman–Crippen LogP) is 1.21. The summed E-state index contributed by atoms with van der Waals surface area (Å²) in [5.74, 6) is -0.589. The molecule has 1 aliphatic carbocycles. The number of rotatable bonds is 3. The number of carbonyl (C=O) groups excluding carboxylic acids is 2. The Hall–Kier alpha value is -1.41. The first-order valence-corrected chi connectivity index (χ1v) is 10.5. The van der Waals surface area contributed by atoms with Crippen LogP contribution in [-0.4, -0.2) is 31.7 Å². The van der Waals surface area contributed by atoms with Crippen molar-refractivity contribution in [3.8, 4) is 0 Å². The van der Waals surface area contributed by atoms with Crippen molar-refractivity contribution in [3.05, 3.63) is 21.4 Å². The van der Waals surface area contributed by atoms with Gasteiger partial charge in [0.15, 0.2) is 9.84 Å². The van der Waals surface area contributed by atoms with Gasteiger partial charge in [-0.15, -0.1) is 11.3 Å². The van der Waals surface area contributed by atoms with Gasteiger partial charge in [-0.3, -0.25) is 20.4 Å². The quantitative estimate of drug-likeness (QED) is 0.796. The maximum Gasteiger partial charge on any atom is 0.279 e. The van der Waals surface area contributed by atoms with Gasteiger partial charge < -0.3 is 0 Å². The summed E-state index contributed by atoms with van der Waals surface area (Å²) in [7, 11) is -2.98. The summed E-state index contributed by atoms with van der Waals surface area (Å²) in [5, 5.41) is 0. The molecule has 1 saturated heterocycles. The van der Waals surface area contributed by atoms with Gasteiger partial charge in [0.25, 0.3) is 5.91 Å². The lowest BCUT2D eigenvalue weighted by Crippen LogP contribution is -2.42. The van der Waals surface area contributed by atoms with E-state index in [9.17, 15) is 18.0 Å². The van der Waals surface area contributed by atoms with Crippen molar-refractivity contribution in [1.82, 2.24) is 10.9 Å². The minimum absolute atomic E-state index is 0.0615. The van der Waals surface area contributed by atoms with E-state index in [1.807, 2.05) is 6.07 Å². The minimum Gasteiger partial charge on any atom is -0.273 e. The van der Waals surface area contributed by atoms with Gasteiger partial charge in [-0.25, -0.2) is 8.42 Å². The number of fused-ring (bicyclic) bond motifs is 1. The van der Waals surface area contributed by atoms with Crippen LogP contribution in [0.15, 0.2) is 6.07 Å². The Labute approximate surface area is 139 Å². The van der Waals surface area contributed by atoms with E-state index < -0.39 is 9.84 Å². The number of aryl methyl sites for hydroxylation is 2. The van der Waals surface area contributed by atoms with Crippen molar-refractivity contribution in [1.29, 1.82) is 0 Å². The smallest absolute Gasteiger partial charge is 0.273 e. The summed E-state index contributed by atoms with van der Waals surface area (Å²) in [6, 6.07) is 1.91. The van der Waals surface area contributed by atoms with E-state index in [4.69, 9.17) is 0 Å². The van der Waals surface area contributed by atoms with Crippen LogP contribution in [0.3, 0.4) is 0 Å². The summed E-state index contributed by atoms with van der Waals surface area (Å²) in [5.41, 5.74) is 6.06. The Bertz CT molecular complexity index is 700. The number of thiophene rings is 1. The van der Waals surface area contributed by atoms with Gasteiger partial charge in [-0.1, -0.05) is 0 Å². The van der Waals surface area contributed by atoms with Crippen LogP contribution in [-0.2, 0) is 27.5 Å². The van der Waals surface area contributed by atoms with Crippen LogP contribution in [0.25, 0.3) is 0 Å². The molecule has 0 radical (unpaired) electrons. The van der Waals surface area contributed by atoms with E-state index in [1.54, 1.807) is 0 Å². The third-order valence-electron chi connectivity index (χ3n) is 4.34. The number of nitrogens with one attached hydrogen (secondary N) is 2. The average molecular weight is 356 g/mol. The fourth-order valence-corrected chi connectivity index (χ4v) is 6.15. The van der Waals surface area contributed by atoms with Crippen molar-refractivity contribution in [3.63, 3.8) is 0 Å². The van der Waals surface area contributed by atoms with Gasteiger partial charge in [-0.05, 0) is 49.7 Å². The third-order valence-corrected chi connectivity index (χ3v) is 7.41. The van der Waals surface area contributed by atoms with E-state index in [0.29, 0.717) is 11.3 Å². The number of hydrogen-bond donors (Lipinski definition) is 2. The topological polar surface area (TPSA) is 92.3 Å². The molecule has 2 heterocycles. The fourth-order valence-electron chi connectivity index (χ4n) is 3.14. The maximum absolute atomic E-state index is 12.1. The highest BCUT2D eigenvalue weighted by Crippen LogP contribution is 2.29. The second-order valence-corrected chi connectivity index (χ2v) is 9.61. The Balaban J connectivity index is 1.49. The Morgan fingerprint density at radius 2 is 2.00 bits per heavy atom. The summed E-state index contributed by atoms with van der Waals surface area (Å²) in [4.78, 5) is 25.8. The summed E-state index contributed by atoms with van der Waals surface area (Å²) in [6.07, 6.45) is 5.00. The largest absolute Gasteiger partial charge is 0.279 e. The number of carbonyl (C=O) groups is 2. The lowest BCUT2D eigenvalue weighted by molar-refractivity contribution is -0.122. The van der Waals surface area contributed by atoms with E-state index in [2.05, 4.69) is 10.9 Å². The molecule has 3 rings (SSSR count). The Morgan fingerprint density at radius 1 is 1.22 bits per heavy atom. The lowest BCUT2D eigenvalue weighted by atomic mass is 9.99. The first-order chi connectivity index (χ1) is 10.9. The van der Waals surface area contributed by atoms with Crippen LogP contribution in [0.5, 0.6) is 0 Å². The molecule has 23 heavy (non-hydrogen) atoms. The van der Waals surface area contributed by atoms with Gasteiger partial charge in [0.2, 0.25) is 5.91 Å². The Morgan fingerprint density at radius 3 is 2.70 bits per heavy atom. The first kappa shape index (κ1) is 16.4. The number of hydrazine groups is 1. The fraction of sp³-hybridized carbons (Fsp3) is 0.600. The second-order valence-electron chi connectivity index (χ2n) is 6.24. The molecule has 0 bridgehead atoms. The number of hydrogen-bond acceptors (Lipinski definition) is 5. The van der Waals surface area contributed by atoms with Gasteiger partial charge in [0, 0.05) is 11.3 Å². The van der Waals surface area contributed by atoms with Crippen molar-refractivity contribution in [2.24, 2.45) is 5.92 Å². The van der Waals surface area contributed by atoms with E-state index in [1.165, 1.54) is 21.8 Å². The molecule has 8 heteroatoms. The minimum atomic E-state index is -2.98. The first-order valence-electron chi connectivity index (χ1n) is 7.84. The molecule has 0 aromatic carbocycles. The summed E-state index contributed by atoms with van der Waals surface area (Å²) < 4.78 is 22.7. The van der Waals surface area contributed by atoms with Gasteiger partial charge in [0.05, 0.1) is 16.4 Å². The highest BCUT2D eigenvalue weighted by atomic mass is 32.2. The van der Waals surface area contributed by atoms with E-state index in [0.717, 1.165) is 25.7 Å². The molecule has 2 N–H and O–H groups in total. The average Bonchev–Trinajstić information content (AvgIpc) is 3.07. The molecule has 1 aromatic rings. The van der Waals surface area contributed by atoms with Crippen molar-refractivity contribution >= 4 is 33.0 Å². The predicted molar refractivity (Wildman–Crippen MR) is 87.9 cm³/mol. The van der Waals surface area contributed by atoms with Crippen LogP contribution < -0.4 is 10.9 Å². The van der Waals surface area contributed by atoms with Crippen LogP contribution in [0, 0.1) is 5.92 Å². The zero-order valence-electron chi connectivity index (χ0n) is 12.8. The molecule has 0 spiro atoms. The molecular weight excluding hydrogens is 336 g/mol. The highest BCUT2D eigenvalue weighted by molar-refractivity contribution is 7.91. The standard InChI is InChI=1S/C15H20N2O4S2/c18-14(7-10-5-6-23(20,21)9-10)16-17-15(19)13-8-11-3-1-2-4-12(11)22-13/h8,10H,1-7,9H2,(H,16,18)(H,17,19). The van der Waals surface area contributed by atoms with Crippen molar-refractivity contribution < 1.29 is 18.0 Å². The van der Waals surface area contributed by atoms with Crippen LogP contribution in [0.2, 0.25) is 0 Å². The second kappa shape index (κ2) is 6.60. The molecule has 2 amide bonds. The van der Waals surface area contributed by atoms with Crippen molar-refractivity contribution in [2.45, 2.75) is 38.5 Å². The molecular formula is C15H20N2O4S2. The molecule has 126 valence electrons. The highest BCUT2D eigenvalue weighted by Gasteiger charge is 2.29. The third kappa shape index (κ3) is 4.11. The SMILES string of the molecule is O=C(CC1CCS(=O)(=O)C1)NNC(=O)c1cc2c(s1)CCCC2. The normalized spacial score (nSPS) is 22.3. The molecule has 1 aliphatic heterocycles. The van der Waals surface area contributed by atoms with Crippen LogP contribution in [0.1, 0.15) is 45.8 Å². The van der Waals surface area contributed by atoms with Gasteiger partial charge in [0.1, 0.15) is 0 Å². The molecule has 1 fully saturated rings. The zero-order chi connectivity index (χ0) is 16.4. The molecule has 1 unspecified atom stereocenters. The summed E-state index contributed by atoms with van der Waals surface area (Å²) >= 11 is 1.49. The number of sulfone groups is 1. The molecule has 2 aliphatic rings. The molecule has 1 atom stereocenters. The van der Waals surface area contributed by atoms with Gasteiger partial charge >= 0.3 is 0 Å². The summed E-state index contributed by atoms with van der Waals surface area (Å²) in [6.45, 7) is 0. The van der Waals surface area contributed by atoms with Crippen LogP contribution >= 0.6 is 11.3 Å². The zero-order valence-corrected chi connectivity index (χ0v) is 14.4. The molecule has 1 aromatic heterocycles. The maximum atomic E-state index is 12.1. The lowest BCUT2D eigenvalue weighted by Gasteiger charge is -2.09. The van der Waals surface area contributed by atoms with Gasteiger partial charge in [-0.2, -0.15) is 0 Å².